The molecule has 3 nitrogen and oxygen atoms in total. The smallest absolute Gasteiger partial charge is 0.230 e. The van der Waals surface area contributed by atoms with E-state index in [1.807, 2.05) is 4.90 Å². The monoisotopic (exact) mass is 281 g/mol. The number of rotatable bonds is 3. The van der Waals surface area contributed by atoms with Crippen LogP contribution in [0.15, 0.2) is 12.2 Å². The highest BCUT2D eigenvalue weighted by atomic mass is 28.4. The van der Waals surface area contributed by atoms with Crippen LogP contribution >= 0.6 is 0 Å². The van der Waals surface area contributed by atoms with E-state index >= 15 is 0 Å². The first-order chi connectivity index (χ1) is 8.54. The first-order valence-electron chi connectivity index (χ1n) is 7.19. The number of carbonyl (C=O) groups excluding carboxylic acids is 1. The van der Waals surface area contributed by atoms with Gasteiger partial charge in [-0.1, -0.05) is 32.9 Å². The largest absolute Gasteiger partial charge is 0.413 e. The molecule has 0 N–H and O–H groups in total. The normalized spacial score (nSPS) is 29.3. The predicted molar refractivity (Wildman–Crippen MR) is 80.5 cm³/mol. The van der Waals surface area contributed by atoms with Crippen LogP contribution in [0, 0.1) is 5.92 Å². The van der Waals surface area contributed by atoms with Gasteiger partial charge in [-0.3, -0.25) is 4.79 Å². The topological polar surface area (TPSA) is 29.5 Å². The second-order valence-electron chi connectivity index (χ2n) is 7.60. The Morgan fingerprint density at radius 2 is 2.00 bits per heavy atom. The van der Waals surface area contributed by atoms with Gasteiger partial charge >= 0.3 is 0 Å². The number of amides is 1. The average Bonchev–Trinajstić information content (AvgIpc) is 2.53. The van der Waals surface area contributed by atoms with Crippen molar-refractivity contribution >= 4 is 14.2 Å². The van der Waals surface area contributed by atoms with Crippen LogP contribution in [0.3, 0.4) is 0 Å². The zero-order valence-corrected chi connectivity index (χ0v) is 14.1. The Kier molecular flexibility index (Phi) is 3.46. The number of fused-ring (bicyclic) bond motifs is 1. The van der Waals surface area contributed by atoms with Crippen LogP contribution in [0.1, 0.15) is 34.1 Å². The van der Waals surface area contributed by atoms with Gasteiger partial charge < -0.3 is 9.33 Å². The fourth-order valence-electron chi connectivity index (χ4n) is 2.89. The fraction of sp³-hybridized carbons (Fsp3) is 0.800. The van der Waals surface area contributed by atoms with Crippen molar-refractivity contribution in [1.29, 1.82) is 0 Å². The highest BCUT2D eigenvalue weighted by molar-refractivity contribution is 6.74. The summed E-state index contributed by atoms with van der Waals surface area (Å²) in [4.78, 5) is 14.1. The summed E-state index contributed by atoms with van der Waals surface area (Å²) in [6.45, 7) is 18.0. The molecular formula is C15H27NO2Si. The molecule has 0 aromatic rings. The SMILES string of the molecule is C=C1C[C@@H]2[C@@H]([C@@H](C)O[Si](C)(C)C(C)(C)C)C(=O)N2C1. The molecule has 0 saturated carbocycles. The van der Waals surface area contributed by atoms with Gasteiger partial charge in [0.1, 0.15) is 0 Å². The Morgan fingerprint density at radius 3 is 2.53 bits per heavy atom. The fourth-order valence-corrected chi connectivity index (χ4v) is 4.32. The van der Waals surface area contributed by atoms with Crippen molar-refractivity contribution in [2.24, 2.45) is 5.92 Å². The maximum Gasteiger partial charge on any atom is 0.230 e. The molecule has 0 bridgehead atoms. The summed E-state index contributed by atoms with van der Waals surface area (Å²) in [5, 5.41) is 0.188. The summed E-state index contributed by atoms with van der Waals surface area (Å²) >= 11 is 0. The number of hydrogen-bond acceptors (Lipinski definition) is 2. The van der Waals surface area contributed by atoms with Gasteiger partial charge in [0.05, 0.1) is 12.0 Å². The standard InChI is InChI=1S/C15H27NO2Si/c1-10-8-12-13(14(17)16(12)9-10)11(2)18-19(6,7)15(3,4)5/h11-13H,1,8-9H2,2-7H3/t11-,12-,13-/m1/s1. The lowest BCUT2D eigenvalue weighted by atomic mass is 9.84. The molecule has 0 aromatic carbocycles. The molecule has 0 aromatic heterocycles. The molecule has 1 amide bonds. The average molecular weight is 281 g/mol. The van der Waals surface area contributed by atoms with E-state index < -0.39 is 8.32 Å². The van der Waals surface area contributed by atoms with E-state index in [9.17, 15) is 4.79 Å². The lowest BCUT2D eigenvalue weighted by molar-refractivity contribution is -0.158. The molecule has 0 aliphatic carbocycles. The summed E-state index contributed by atoms with van der Waals surface area (Å²) in [6.07, 6.45) is 0.988. The van der Waals surface area contributed by atoms with Crippen LogP contribution in [0.2, 0.25) is 18.1 Å². The lowest BCUT2D eigenvalue weighted by Gasteiger charge is -2.48. The van der Waals surface area contributed by atoms with Gasteiger partial charge in [0, 0.05) is 12.6 Å². The third-order valence-electron chi connectivity index (χ3n) is 5.07. The first kappa shape index (κ1) is 14.8. The van der Waals surface area contributed by atoms with Crippen LogP contribution < -0.4 is 0 Å². The van der Waals surface area contributed by atoms with E-state index in [4.69, 9.17) is 4.43 Å². The second kappa shape index (κ2) is 4.45. The molecule has 108 valence electrons. The summed E-state index contributed by atoms with van der Waals surface area (Å²) < 4.78 is 6.38. The summed E-state index contributed by atoms with van der Waals surface area (Å²) in [6, 6.07) is 0.347. The molecule has 2 aliphatic heterocycles. The van der Waals surface area contributed by atoms with Gasteiger partial charge in [-0.15, -0.1) is 0 Å². The molecule has 2 saturated heterocycles. The Labute approximate surface area is 118 Å². The van der Waals surface area contributed by atoms with E-state index in [1.54, 1.807) is 0 Å². The molecule has 19 heavy (non-hydrogen) atoms. The Morgan fingerprint density at radius 1 is 1.42 bits per heavy atom. The molecule has 2 rings (SSSR count). The zero-order valence-electron chi connectivity index (χ0n) is 13.1. The maximum absolute atomic E-state index is 12.2. The summed E-state index contributed by atoms with van der Waals surface area (Å²) in [5.41, 5.74) is 1.18. The predicted octanol–water partition coefficient (Wildman–Crippen LogP) is 3.18. The van der Waals surface area contributed by atoms with Crippen LogP contribution in [-0.2, 0) is 9.22 Å². The molecule has 4 heteroatoms. The third kappa shape index (κ3) is 2.40. The van der Waals surface area contributed by atoms with Crippen LogP contribution in [0.4, 0.5) is 0 Å². The highest BCUT2D eigenvalue weighted by Crippen LogP contribution is 2.43. The molecule has 2 aliphatic rings. The summed E-state index contributed by atoms with van der Waals surface area (Å²) in [5.74, 6) is 0.309. The van der Waals surface area contributed by atoms with Crippen molar-refractivity contribution in [3.63, 3.8) is 0 Å². The third-order valence-corrected chi connectivity index (χ3v) is 9.64. The molecule has 2 heterocycles. The van der Waals surface area contributed by atoms with Crippen molar-refractivity contribution in [2.75, 3.05) is 6.54 Å². The number of carbonyl (C=O) groups is 1. The quantitative estimate of drug-likeness (QED) is 0.452. The maximum atomic E-state index is 12.2. The van der Waals surface area contributed by atoms with Gasteiger partial charge in [-0.25, -0.2) is 0 Å². The molecule has 0 radical (unpaired) electrons. The van der Waals surface area contributed by atoms with E-state index in [2.05, 4.69) is 47.4 Å². The van der Waals surface area contributed by atoms with Crippen molar-refractivity contribution in [1.82, 2.24) is 4.90 Å². The molecule has 0 unspecified atom stereocenters. The summed E-state index contributed by atoms with van der Waals surface area (Å²) in [7, 11) is -1.80. The number of nitrogens with zero attached hydrogens (tertiary/aromatic N) is 1. The van der Waals surface area contributed by atoms with E-state index in [0.717, 1.165) is 13.0 Å². The van der Waals surface area contributed by atoms with E-state index in [1.165, 1.54) is 5.57 Å². The van der Waals surface area contributed by atoms with Gasteiger partial charge in [-0.2, -0.15) is 0 Å². The van der Waals surface area contributed by atoms with Gasteiger partial charge in [0.15, 0.2) is 8.32 Å². The minimum Gasteiger partial charge on any atom is -0.413 e. The first-order valence-corrected chi connectivity index (χ1v) is 10.1. The van der Waals surface area contributed by atoms with Crippen molar-refractivity contribution < 1.29 is 9.22 Å². The Hall–Kier alpha value is -0.613. The van der Waals surface area contributed by atoms with E-state index in [-0.39, 0.29) is 23.0 Å². The highest BCUT2D eigenvalue weighted by Gasteiger charge is 2.54. The number of β-lactam (4-membered cyclic amide) rings is 1. The molecule has 0 spiro atoms. The molecular weight excluding hydrogens is 254 g/mol. The number of hydrogen-bond donors (Lipinski definition) is 0. The Balaban J connectivity index is 2.04. The Bertz CT molecular complexity index is 411. The minimum absolute atomic E-state index is 0.0283. The van der Waals surface area contributed by atoms with Crippen LogP contribution in [0.5, 0.6) is 0 Å². The second-order valence-corrected chi connectivity index (χ2v) is 12.4. The van der Waals surface area contributed by atoms with Crippen molar-refractivity contribution in [3.8, 4) is 0 Å². The van der Waals surface area contributed by atoms with Crippen molar-refractivity contribution in [3.05, 3.63) is 12.2 Å². The van der Waals surface area contributed by atoms with E-state index in [0.29, 0.717) is 6.04 Å². The van der Waals surface area contributed by atoms with Gasteiger partial charge in [-0.05, 0) is 31.5 Å². The lowest BCUT2D eigenvalue weighted by Crippen LogP contribution is -2.62. The van der Waals surface area contributed by atoms with Gasteiger partial charge in [0.25, 0.3) is 0 Å². The van der Waals surface area contributed by atoms with Crippen LogP contribution in [0.25, 0.3) is 0 Å². The van der Waals surface area contributed by atoms with Crippen molar-refractivity contribution in [2.45, 2.75) is 64.4 Å². The van der Waals surface area contributed by atoms with Crippen LogP contribution in [-0.4, -0.2) is 37.8 Å². The minimum atomic E-state index is -1.80. The molecule has 2 fully saturated rings. The van der Waals surface area contributed by atoms with Gasteiger partial charge in [0.2, 0.25) is 5.91 Å². The molecule has 3 atom stereocenters. The zero-order chi connectivity index (χ0) is 14.6.